The van der Waals surface area contributed by atoms with Crippen molar-refractivity contribution < 1.29 is 19.1 Å². The fraction of sp³-hybridized carbons (Fsp3) is 0.389. The van der Waals surface area contributed by atoms with Crippen molar-refractivity contribution in [2.24, 2.45) is 0 Å². The van der Waals surface area contributed by atoms with Crippen LogP contribution in [0.3, 0.4) is 0 Å². The number of carbonyl (C=O) groups excluding carboxylic acids is 3. The van der Waals surface area contributed by atoms with Crippen LogP contribution in [0.5, 0.6) is 0 Å². The SMILES string of the molecule is CCOC(=O)CSc1nnc(NC(=O)CCC(=O)c2ccc(C)c(C)c2)s1. The summed E-state index contributed by atoms with van der Waals surface area (Å²) in [5.74, 6) is -0.560. The summed E-state index contributed by atoms with van der Waals surface area (Å²) in [4.78, 5) is 35.6. The minimum absolute atomic E-state index is 0.0661. The minimum atomic E-state index is -0.326. The van der Waals surface area contributed by atoms with Crippen LogP contribution in [0.1, 0.15) is 41.3 Å². The van der Waals surface area contributed by atoms with Gasteiger partial charge in [0.2, 0.25) is 11.0 Å². The number of nitrogens with one attached hydrogen (secondary N) is 1. The number of rotatable bonds is 9. The molecule has 2 rings (SSSR count). The highest BCUT2D eigenvalue weighted by atomic mass is 32.2. The quantitative estimate of drug-likeness (QED) is 0.294. The number of nitrogens with zero attached hydrogens (tertiary/aromatic N) is 2. The zero-order chi connectivity index (χ0) is 19.8. The summed E-state index contributed by atoms with van der Waals surface area (Å²) in [5.41, 5.74) is 2.78. The minimum Gasteiger partial charge on any atom is -0.465 e. The van der Waals surface area contributed by atoms with Gasteiger partial charge >= 0.3 is 5.97 Å². The van der Waals surface area contributed by atoms with Gasteiger partial charge in [-0.1, -0.05) is 35.2 Å². The lowest BCUT2D eigenvalue weighted by Gasteiger charge is -2.04. The molecule has 9 heteroatoms. The summed E-state index contributed by atoms with van der Waals surface area (Å²) in [6.45, 7) is 6.01. The van der Waals surface area contributed by atoms with E-state index in [2.05, 4.69) is 15.5 Å². The van der Waals surface area contributed by atoms with Crippen molar-refractivity contribution in [3.05, 3.63) is 34.9 Å². The zero-order valence-corrected chi connectivity index (χ0v) is 17.0. The van der Waals surface area contributed by atoms with Crippen LogP contribution in [0, 0.1) is 13.8 Å². The van der Waals surface area contributed by atoms with Gasteiger partial charge in [0.05, 0.1) is 12.4 Å². The Morgan fingerprint density at radius 1 is 1.15 bits per heavy atom. The van der Waals surface area contributed by atoms with E-state index >= 15 is 0 Å². The van der Waals surface area contributed by atoms with E-state index in [-0.39, 0.29) is 36.3 Å². The van der Waals surface area contributed by atoms with E-state index in [0.29, 0.717) is 21.6 Å². The summed E-state index contributed by atoms with van der Waals surface area (Å²) >= 11 is 2.37. The lowest BCUT2D eigenvalue weighted by molar-refractivity contribution is -0.139. The number of carbonyl (C=O) groups is 3. The maximum atomic E-state index is 12.2. The molecule has 0 aliphatic rings. The lowest BCUT2D eigenvalue weighted by atomic mass is 10.0. The van der Waals surface area contributed by atoms with Crippen LogP contribution < -0.4 is 5.32 Å². The molecule has 2 aromatic rings. The first-order valence-corrected chi connectivity index (χ1v) is 10.2. The Balaban J connectivity index is 1.79. The van der Waals surface area contributed by atoms with Gasteiger partial charge in [-0.15, -0.1) is 10.2 Å². The average Bonchev–Trinajstić information content (AvgIpc) is 3.08. The Morgan fingerprint density at radius 3 is 2.63 bits per heavy atom. The van der Waals surface area contributed by atoms with E-state index in [1.807, 2.05) is 26.0 Å². The standard InChI is InChI=1S/C18H21N3O4S2/c1-4-25-16(24)10-26-18-21-20-17(27-18)19-15(23)8-7-14(22)13-6-5-11(2)12(3)9-13/h5-6,9H,4,7-8,10H2,1-3H3,(H,19,20,23). The van der Waals surface area contributed by atoms with Crippen molar-refractivity contribution in [2.75, 3.05) is 17.7 Å². The molecule has 0 bridgehead atoms. The number of aromatic nitrogens is 2. The molecule has 1 aromatic heterocycles. The fourth-order valence-electron chi connectivity index (χ4n) is 2.11. The first-order chi connectivity index (χ1) is 12.9. The van der Waals surface area contributed by atoms with Crippen LogP contribution >= 0.6 is 23.1 Å². The molecule has 0 unspecified atom stereocenters. The van der Waals surface area contributed by atoms with Gasteiger partial charge < -0.3 is 10.1 Å². The molecule has 0 spiro atoms. The molecule has 0 aliphatic carbocycles. The van der Waals surface area contributed by atoms with Crippen molar-refractivity contribution in [3.63, 3.8) is 0 Å². The van der Waals surface area contributed by atoms with E-state index in [4.69, 9.17) is 4.74 Å². The molecule has 0 saturated carbocycles. The average molecular weight is 408 g/mol. The van der Waals surface area contributed by atoms with Crippen LogP contribution in [0.15, 0.2) is 22.5 Å². The topological polar surface area (TPSA) is 98.2 Å². The predicted molar refractivity (Wildman–Crippen MR) is 105 cm³/mol. The number of hydrogen-bond donors (Lipinski definition) is 1. The molecule has 0 saturated heterocycles. The van der Waals surface area contributed by atoms with E-state index < -0.39 is 0 Å². The Hall–Kier alpha value is -2.26. The smallest absolute Gasteiger partial charge is 0.316 e. The number of aryl methyl sites for hydroxylation is 2. The molecule has 0 fully saturated rings. The van der Waals surface area contributed by atoms with Gasteiger partial charge in [0, 0.05) is 18.4 Å². The number of ketones is 1. The highest BCUT2D eigenvalue weighted by molar-refractivity contribution is 8.01. The number of hydrogen-bond acceptors (Lipinski definition) is 8. The number of anilines is 1. The van der Waals surface area contributed by atoms with Gasteiger partial charge in [0.15, 0.2) is 10.1 Å². The van der Waals surface area contributed by atoms with Crippen LogP contribution in [0.4, 0.5) is 5.13 Å². The Morgan fingerprint density at radius 2 is 1.93 bits per heavy atom. The van der Waals surface area contributed by atoms with Crippen molar-refractivity contribution in [1.82, 2.24) is 10.2 Å². The third-order valence-corrected chi connectivity index (χ3v) is 5.63. The highest BCUT2D eigenvalue weighted by Gasteiger charge is 2.13. The summed E-state index contributed by atoms with van der Waals surface area (Å²) < 4.78 is 5.39. The second-order valence-corrected chi connectivity index (χ2v) is 7.94. The summed E-state index contributed by atoms with van der Waals surface area (Å²) in [5, 5.41) is 10.7. The van der Waals surface area contributed by atoms with E-state index in [1.54, 1.807) is 13.0 Å². The predicted octanol–water partition coefficient (Wildman–Crippen LogP) is 3.41. The Bertz CT molecular complexity index is 836. The molecule has 7 nitrogen and oxygen atoms in total. The molecule has 1 heterocycles. The maximum absolute atomic E-state index is 12.2. The monoisotopic (exact) mass is 407 g/mol. The molecular weight excluding hydrogens is 386 g/mol. The molecule has 144 valence electrons. The van der Waals surface area contributed by atoms with E-state index in [0.717, 1.165) is 11.1 Å². The zero-order valence-electron chi connectivity index (χ0n) is 15.4. The Kier molecular flexibility index (Phi) is 7.93. The highest BCUT2D eigenvalue weighted by Crippen LogP contribution is 2.25. The first kappa shape index (κ1) is 21.0. The molecular formula is C18H21N3O4S2. The van der Waals surface area contributed by atoms with Crippen LogP contribution in [-0.2, 0) is 14.3 Å². The van der Waals surface area contributed by atoms with E-state index in [1.165, 1.54) is 23.1 Å². The van der Waals surface area contributed by atoms with Gasteiger partial charge in [-0.2, -0.15) is 0 Å². The molecule has 1 N–H and O–H groups in total. The van der Waals surface area contributed by atoms with Crippen molar-refractivity contribution in [3.8, 4) is 0 Å². The van der Waals surface area contributed by atoms with Crippen LogP contribution in [0.2, 0.25) is 0 Å². The van der Waals surface area contributed by atoms with Gasteiger partial charge in [0.25, 0.3) is 0 Å². The second-order valence-electron chi connectivity index (χ2n) is 5.74. The van der Waals surface area contributed by atoms with Crippen molar-refractivity contribution in [2.45, 2.75) is 38.0 Å². The third kappa shape index (κ3) is 6.76. The van der Waals surface area contributed by atoms with Crippen molar-refractivity contribution >= 4 is 45.9 Å². The van der Waals surface area contributed by atoms with Gasteiger partial charge in [-0.3, -0.25) is 14.4 Å². The Labute approximate surface area is 165 Å². The summed E-state index contributed by atoms with van der Waals surface area (Å²) in [6, 6.07) is 5.52. The number of esters is 1. The summed E-state index contributed by atoms with van der Waals surface area (Å²) in [6.07, 6.45) is 0.189. The molecule has 1 aromatic carbocycles. The van der Waals surface area contributed by atoms with E-state index in [9.17, 15) is 14.4 Å². The largest absolute Gasteiger partial charge is 0.465 e. The second kappa shape index (κ2) is 10.2. The number of amides is 1. The van der Waals surface area contributed by atoms with Gasteiger partial charge in [0.1, 0.15) is 0 Å². The van der Waals surface area contributed by atoms with Crippen molar-refractivity contribution in [1.29, 1.82) is 0 Å². The normalized spacial score (nSPS) is 10.5. The number of thioether (sulfide) groups is 1. The third-order valence-electron chi connectivity index (χ3n) is 3.68. The molecule has 1 amide bonds. The van der Waals surface area contributed by atoms with Gasteiger partial charge in [-0.25, -0.2) is 0 Å². The number of ether oxygens (including phenoxy) is 1. The molecule has 0 radical (unpaired) electrons. The molecule has 27 heavy (non-hydrogen) atoms. The maximum Gasteiger partial charge on any atom is 0.316 e. The first-order valence-electron chi connectivity index (χ1n) is 8.41. The number of benzene rings is 1. The fourth-order valence-corrected chi connectivity index (χ4v) is 3.68. The van der Waals surface area contributed by atoms with Crippen LogP contribution in [-0.4, -0.2) is 40.2 Å². The van der Waals surface area contributed by atoms with Crippen LogP contribution in [0.25, 0.3) is 0 Å². The summed E-state index contributed by atoms with van der Waals surface area (Å²) in [7, 11) is 0. The van der Waals surface area contributed by atoms with Gasteiger partial charge in [-0.05, 0) is 38.0 Å². The molecule has 0 aliphatic heterocycles. The number of Topliss-reactive ketones (excluding diaryl/α,β-unsaturated/α-hetero) is 1. The lowest BCUT2D eigenvalue weighted by Crippen LogP contribution is -2.13. The molecule has 0 atom stereocenters.